The minimum Gasteiger partial charge on any atom is -0.289 e. The van der Waals surface area contributed by atoms with Gasteiger partial charge < -0.3 is 0 Å². The Morgan fingerprint density at radius 2 is 1.32 bits per heavy atom. The van der Waals surface area contributed by atoms with Gasteiger partial charge in [-0.2, -0.15) is 0 Å². The van der Waals surface area contributed by atoms with E-state index in [0.29, 0.717) is 5.56 Å². The van der Waals surface area contributed by atoms with Gasteiger partial charge in [0.05, 0.1) is 0 Å². The summed E-state index contributed by atoms with van der Waals surface area (Å²) in [5.74, 6) is -0.481. The molecule has 0 aromatic heterocycles. The van der Waals surface area contributed by atoms with Crippen LogP contribution in [-0.4, -0.2) is 5.78 Å². The van der Waals surface area contributed by atoms with E-state index >= 15 is 0 Å². The predicted octanol–water partition coefficient (Wildman–Crippen LogP) is 6.54. The summed E-state index contributed by atoms with van der Waals surface area (Å²) in [5, 5.41) is 0. The predicted molar refractivity (Wildman–Crippen MR) is 115 cm³/mol. The summed E-state index contributed by atoms with van der Waals surface area (Å²) in [7, 11) is 0. The fraction of sp³-hybridized carbons (Fsp3) is 0.115. The minimum absolute atomic E-state index is 0.137. The largest absolute Gasteiger partial charge is 0.289 e. The van der Waals surface area contributed by atoms with Crippen molar-refractivity contribution in [1.29, 1.82) is 0 Å². The number of carbonyl (C=O) groups excluding carboxylic acids is 1. The van der Waals surface area contributed by atoms with Gasteiger partial charge in [-0.3, -0.25) is 4.79 Å². The Bertz CT molecular complexity index is 978. The van der Waals surface area contributed by atoms with E-state index < -0.39 is 0 Å². The zero-order valence-corrected chi connectivity index (χ0v) is 16.0. The van der Waals surface area contributed by atoms with Crippen LogP contribution in [0.25, 0.3) is 11.6 Å². The third kappa shape index (κ3) is 5.37. The van der Waals surface area contributed by atoms with Gasteiger partial charge in [-0.1, -0.05) is 66.8 Å². The molecule has 0 saturated heterocycles. The van der Waals surface area contributed by atoms with Crippen molar-refractivity contribution in [2.75, 3.05) is 0 Å². The van der Waals surface area contributed by atoms with Gasteiger partial charge in [0.2, 0.25) is 0 Å². The molecule has 0 saturated carbocycles. The van der Waals surface area contributed by atoms with Crippen LogP contribution in [0.4, 0.5) is 4.39 Å². The molecule has 0 atom stereocenters. The highest BCUT2D eigenvalue weighted by Crippen LogP contribution is 2.15. The van der Waals surface area contributed by atoms with E-state index in [2.05, 4.69) is 43.0 Å². The first kappa shape index (κ1) is 19.5. The first-order chi connectivity index (χ1) is 13.5. The maximum Gasteiger partial charge on any atom is 0.185 e. The molecule has 0 spiro atoms. The zero-order chi connectivity index (χ0) is 19.9. The van der Waals surface area contributed by atoms with Gasteiger partial charge in [0.25, 0.3) is 0 Å². The maximum absolute atomic E-state index is 12.9. The van der Waals surface area contributed by atoms with E-state index in [0.717, 1.165) is 24.0 Å². The van der Waals surface area contributed by atoms with Gasteiger partial charge in [-0.25, -0.2) is 4.39 Å². The normalized spacial score (nSPS) is 10.9. The van der Waals surface area contributed by atoms with Gasteiger partial charge in [-0.05, 0) is 72.4 Å². The summed E-state index contributed by atoms with van der Waals surface area (Å²) in [6, 6.07) is 22.3. The number of hydrogen-bond acceptors (Lipinski definition) is 1. The molecule has 0 bridgehead atoms. The highest BCUT2D eigenvalue weighted by Gasteiger charge is 2.02. The molecule has 0 amide bonds. The quantitative estimate of drug-likeness (QED) is 0.341. The summed E-state index contributed by atoms with van der Waals surface area (Å²) in [4.78, 5) is 12.1. The van der Waals surface area contributed by atoms with Crippen LogP contribution in [0.2, 0.25) is 0 Å². The van der Waals surface area contributed by atoms with Crippen LogP contribution in [0.3, 0.4) is 0 Å². The summed E-state index contributed by atoms with van der Waals surface area (Å²) in [5.41, 5.74) is 6.25. The Kier molecular flexibility index (Phi) is 6.33. The molecule has 0 fully saturated rings. The molecule has 3 aromatic carbocycles. The van der Waals surface area contributed by atoms with Gasteiger partial charge in [0.15, 0.2) is 5.78 Å². The molecule has 140 valence electrons. The second-order valence-corrected chi connectivity index (χ2v) is 6.92. The molecule has 3 rings (SSSR count). The molecular formula is C26H23FO. The monoisotopic (exact) mass is 370 g/mol. The zero-order valence-electron chi connectivity index (χ0n) is 16.0. The van der Waals surface area contributed by atoms with Crippen LogP contribution >= 0.6 is 0 Å². The third-order valence-electron chi connectivity index (χ3n) is 4.68. The van der Waals surface area contributed by atoms with Crippen molar-refractivity contribution >= 4 is 17.4 Å². The Labute approximate surface area is 165 Å². The number of allylic oxidation sites excluding steroid dienone is 2. The standard InChI is InChI=1S/C26H23FO/c1-19(2)23-12-9-22(10-13-23)8-5-20-3-6-21(7-4-20)11-18-26(28)24-14-16-25(27)17-15-24/h3-4,6-7,9-18H,1,5,8H2,2H3/b18-11+. The lowest BCUT2D eigenvalue weighted by Gasteiger charge is -2.05. The summed E-state index contributed by atoms with van der Waals surface area (Å²) in [6.45, 7) is 5.97. The lowest BCUT2D eigenvalue weighted by Crippen LogP contribution is -1.94. The van der Waals surface area contributed by atoms with Crippen molar-refractivity contribution in [2.24, 2.45) is 0 Å². The van der Waals surface area contributed by atoms with Crippen LogP contribution in [0.5, 0.6) is 0 Å². The molecule has 0 heterocycles. The molecule has 3 aromatic rings. The first-order valence-corrected chi connectivity index (χ1v) is 9.33. The number of benzene rings is 3. The fourth-order valence-corrected chi connectivity index (χ4v) is 2.92. The van der Waals surface area contributed by atoms with Crippen molar-refractivity contribution in [3.05, 3.63) is 119 Å². The van der Waals surface area contributed by atoms with Crippen molar-refractivity contribution in [3.63, 3.8) is 0 Å². The molecule has 0 aliphatic carbocycles. The highest BCUT2D eigenvalue weighted by atomic mass is 19.1. The molecule has 28 heavy (non-hydrogen) atoms. The van der Waals surface area contributed by atoms with E-state index in [9.17, 15) is 9.18 Å². The van der Waals surface area contributed by atoms with Gasteiger partial charge in [0.1, 0.15) is 5.82 Å². The summed E-state index contributed by atoms with van der Waals surface area (Å²) in [6.07, 6.45) is 5.25. The Morgan fingerprint density at radius 1 is 0.821 bits per heavy atom. The van der Waals surface area contributed by atoms with Crippen molar-refractivity contribution in [1.82, 2.24) is 0 Å². The first-order valence-electron chi connectivity index (χ1n) is 9.33. The molecule has 0 aliphatic rings. The molecule has 0 unspecified atom stereocenters. The van der Waals surface area contributed by atoms with E-state index in [1.54, 1.807) is 6.08 Å². The van der Waals surface area contributed by atoms with Gasteiger partial charge >= 0.3 is 0 Å². The smallest absolute Gasteiger partial charge is 0.185 e. The van der Waals surface area contributed by atoms with Gasteiger partial charge in [-0.15, -0.1) is 0 Å². The maximum atomic E-state index is 12.9. The fourth-order valence-electron chi connectivity index (χ4n) is 2.92. The Morgan fingerprint density at radius 3 is 1.86 bits per heavy atom. The highest BCUT2D eigenvalue weighted by molar-refractivity contribution is 6.06. The molecule has 0 aliphatic heterocycles. The van der Waals surface area contributed by atoms with E-state index in [-0.39, 0.29) is 11.6 Å². The van der Waals surface area contributed by atoms with Crippen LogP contribution in [-0.2, 0) is 12.8 Å². The van der Waals surface area contributed by atoms with Crippen molar-refractivity contribution in [3.8, 4) is 0 Å². The van der Waals surface area contributed by atoms with Crippen molar-refractivity contribution in [2.45, 2.75) is 19.8 Å². The number of aryl methyl sites for hydroxylation is 2. The molecule has 1 nitrogen and oxygen atoms in total. The Hall–Kier alpha value is -3.26. The second kappa shape index (κ2) is 9.09. The van der Waals surface area contributed by atoms with E-state index in [1.807, 2.05) is 19.1 Å². The minimum atomic E-state index is -0.345. The average Bonchev–Trinajstić information content (AvgIpc) is 2.72. The van der Waals surface area contributed by atoms with Crippen LogP contribution < -0.4 is 0 Å². The number of carbonyl (C=O) groups is 1. The van der Waals surface area contributed by atoms with Crippen molar-refractivity contribution < 1.29 is 9.18 Å². The number of rotatable bonds is 7. The topological polar surface area (TPSA) is 17.1 Å². The van der Waals surface area contributed by atoms with E-state index in [4.69, 9.17) is 0 Å². The van der Waals surface area contributed by atoms with Crippen LogP contribution in [0.15, 0.2) is 85.5 Å². The SMILES string of the molecule is C=C(C)c1ccc(CCc2ccc(/C=C/C(=O)c3ccc(F)cc3)cc2)cc1. The number of ketones is 1. The summed E-state index contributed by atoms with van der Waals surface area (Å²) >= 11 is 0. The Balaban J connectivity index is 1.56. The van der Waals surface area contributed by atoms with E-state index in [1.165, 1.54) is 47.0 Å². The molecule has 0 radical (unpaired) electrons. The molecule has 2 heteroatoms. The molecule has 0 N–H and O–H groups in total. The van der Waals surface area contributed by atoms with Crippen LogP contribution in [0, 0.1) is 5.82 Å². The lowest BCUT2D eigenvalue weighted by atomic mass is 10.0. The lowest BCUT2D eigenvalue weighted by molar-refractivity contribution is 0.104. The number of halogens is 1. The summed E-state index contributed by atoms with van der Waals surface area (Å²) < 4.78 is 12.9. The third-order valence-corrected chi connectivity index (χ3v) is 4.68. The van der Waals surface area contributed by atoms with Crippen LogP contribution in [0.1, 0.15) is 39.5 Å². The average molecular weight is 370 g/mol. The molecular weight excluding hydrogens is 347 g/mol. The van der Waals surface area contributed by atoms with Gasteiger partial charge in [0, 0.05) is 5.56 Å². The second-order valence-electron chi connectivity index (χ2n) is 6.92. The number of hydrogen-bond donors (Lipinski definition) is 0.